The highest BCUT2D eigenvalue weighted by molar-refractivity contribution is 5.78. The summed E-state index contributed by atoms with van der Waals surface area (Å²) >= 11 is 0. The Hall–Kier alpha value is -1.71. The lowest BCUT2D eigenvalue weighted by Crippen LogP contribution is -2.44. The Balaban J connectivity index is 2.52. The fourth-order valence-corrected chi connectivity index (χ4v) is 1.46. The lowest BCUT2D eigenvalue weighted by Gasteiger charge is -2.24. The van der Waals surface area contributed by atoms with Crippen LogP contribution in [0.1, 0.15) is 32.8 Å². The van der Waals surface area contributed by atoms with Gasteiger partial charge in [-0.15, -0.1) is 0 Å². The van der Waals surface area contributed by atoms with Gasteiger partial charge in [-0.3, -0.25) is 4.79 Å². The first-order valence-corrected chi connectivity index (χ1v) is 6.07. The smallest absolute Gasteiger partial charge is 0.258 e. The number of amides is 1. The van der Waals surface area contributed by atoms with Gasteiger partial charge < -0.3 is 15.2 Å². The van der Waals surface area contributed by atoms with Gasteiger partial charge in [-0.2, -0.15) is 0 Å². The predicted molar refractivity (Wildman–Crippen MR) is 70.9 cm³/mol. The summed E-state index contributed by atoms with van der Waals surface area (Å²) in [4.78, 5) is 11.7. The van der Waals surface area contributed by atoms with E-state index in [1.165, 1.54) is 6.07 Å². The van der Waals surface area contributed by atoms with Crippen LogP contribution in [0.3, 0.4) is 0 Å². The second-order valence-electron chi connectivity index (χ2n) is 5.08. The summed E-state index contributed by atoms with van der Waals surface area (Å²) in [5.74, 6) is 0.471. The highest BCUT2D eigenvalue weighted by Gasteiger charge is 2.17. The number of carbonyl (C=O) groups is 1. The molecular formula is C14H21NO3. The number of hydrogen-bond donors (Lipinski definition) is 2. The van der Waals surface area contributed by atoms with Crippen LogP contribution in [-0.2, 0) is 4.79 Å². The standard InChI is InChI=1S/C14H21NO3/c1-5-14(3,4)15-13(17)9-18-12-7-10(2)6-11(16)8-12/h6-8,16H,5,9H2,1-4H3,(H,15,17). The van der Waals surface area contributed by atoms with Crippen molar-refractivity contribution in [3.63, 3.8) is 0 Å². The highest BCUT2D eigenvalue weighted by atomic mass is 16.5. The third kappa shape index (κ3) is 4.65. The van der Waals surface area contributed by atoms with Crippen LogP contribution >= 0.6 is 0 Å². The number of aromatic hydroxyl groups is 1. The molecule has 0 aromatic heterocycles. The lowest BCUT2D eigenvalue weighted by molar-refractivity contribution is -0.124. The van der Waals surface area contributed by atoms with Crippen LogP contribution < -0.4 is 10.1 Å². The molecule has 0 spiro atoms. The van der Waals surface area contributed by atoms with Gasteiger partial charge in [0.1, 0.15) is 11.5 Å². The molecule has 2 N–H and O–H groups in total. The molecule has 1 rings (SSSR count). The van der Waals surface area contributed by atoms with Gasteiger partial charge >= 0.3 is 0 Å². The summed E-state index contributed by atoms with van der Waals surface area (Å²) in [6, 6.07) is 4.90. The van der Waals surface area contributed by atoms with Crippen molar-refractivity contribution in [2.24, 2.45) is 0 Å². The van der Waals surface area contributed by atoms with Crippen LogP contribution in [-0.4, -0.2) is 23.2 Å². The van der Waals surface area contributed by atoms with Gasteiger partial charge in [-0.1, -0.05) is 6.92 Å². The summed E-state index contributed by atoms with van der Waals surface area (Å²) in [5, 5.41) is 12.3. The molecule has 0 bridgehead atoms. The third-order valence-corrected chi connectivity index (χ3v) is 2.77. The van der Waals surface area contributed by atoms with Crippen molar-refractivity contribution < 1.29 is 14.6 Å². The van der Waals surface area contributed by atoms with Gasteiger partial charge in [-0.25, -0.2) is 0 Å². The Morgan fingerprint density at radius 1 is 1.39 bits per heavy atom. The first-order valence-electron chi connectivity index (χ1n) is 6.07. The number of rotatable bonds is 5. The lowest BCUT2D eigenvalue weighted by atomic mass is 10.0. The quantitative estimate of drug-likeness (QED) is 0.844. The van der Waals surface area contributed by atoms with Crippen molar-refractivity contribution in [3.05, 3.63) is 23.8 Å². The first kappa shape index (κ1) is 14.4. The van der Waals surface area contributed by atoms with Crippen LogP contribution in [0.15, 0.2) is 18.2 Å². The molecule has 0 saturated carbocycles. The van der Waals surface area contributed by atoms with Gasteiger partial charge in [0.2, 0.25) is 0 Å². The summed E-state index contributed by atoms with van der Waals surface area (Å²) in [6.45, 7) is 7.74. The Kier molecular flexibility index (Phi) is 4.59. The number of ether oxygens (including phenoxy) is 1. The van der Waals surface area contributed by atoms with E-state index in [1.54, 1.807) is 12.1 Å². The molecular weight excluding hydrogens is 230 g/mol. The maximum Gasteiger partial charge on any atom is 0.258 e. The highest BCUT2D eigenvalue weighted by Crippen LogP contribution is 2.21. The van der Waals surface area contributed by atoms with Crippen LogP contribution in [0.4, 0.5) is 0 Å². The molecule has 0 atom stereocenters. The minimum absolute atomic E-state index is 0.0493. The molecule has 100 valence electrons. The zero-order valence-electron chi connectivity index (χ0n) is 11.4. The van der Waals surface area contributed by atoms with Crippen molar-refractivity contribution in [1.29, 1.82) is 0 Å². The Bertz CT molecular complexity index is 407. The molecule has 18 heavy (non-hydrogen) atoms. The van der Waals surface area contributed by atoms with Crippen molar-refractivity contribution in [3.8, 4) is 11.5 Å². The summed E-state index contributed by atoms with van der Waals surface area (Å²) in [5.41, 5.74) is 0.661. The molecule has 0 fully saturated rings. The SMILES string of the molecule is CCC(C)(C)NC(=O)COc1cc(C)cc(O)c1. The maximum atomic E-state index is 11.7. The van der Waals surface area contributed by atoms with Gasteiger partial charge in [-0.05, 0) is 44.9 Å². The van der Waals surface area contributed by atoms with E-state index in [0.29, 0.717) is 5.75 Å². The van der Waals surface area contributed by atoms with E-state index in [2.05, 4.69) is 5.32 Å². The number of nitrogens with one attached hydrogen (secondary N) is 1. The van der Waals surface area contributed by atoms with Gasteiger partial charge in [0, 0.05) is 11.6 Å². The van der Waals surface area contributed by atoms with Crippen LogP contribution in [0.2, 0.25) is 0 Å². The fourth-order valence-electron chi connectivity index (χ4n) is 1.46. The number of benzene rings is 1. The zero-order chi connectivity index (χ0) is 13.8. The van der Waals surface area contributed by atoms with Crippen molar-refractivity contribution in [2.75, 3.05) is 6.61 Å². The normalized spacial score (nSPS) is 11.1. The summed E-state index contributed by atoms with van der Waals surface area (Å²) in [6.07, 6.45) is 0.851. The Labute approximate surface area is 108 Å². The molecule has 1 aromatic carbocycles. The second kappa shape index (κ2) is 5.76. The second-order valence-corrected chi connectivity index (χ2v) is 5.08. The average molecular weight is 251 g/mol. The zero-order valence-corrected chi connectivity index (χ0v) is 11.4. The monoisotopic (exact) mass is 251 g/mol. The van der Waals surface area contributed by atoms with Gasteiger partial charge in [0.15, 0.2) is 6.61 Å². The predicted octanol–water partition coefficient (Wildman–Crippen LogP) is 2.38. The number of phenols is 1. The van der Waals surface area contributed by atoms with E-state index >= 15 is 0 Å². The molecule has 4 nitrogen and oxygen atoms in total. The van der Waals surface area contributed by atoms with E-state index < -0.39 is 0 Å². The molecule has 0 saturated heterocycles. The summed E-state index contributed by atoms with van der Waals surface area (Å²) in [7, 11) is 0. The number of hydrogen-bond acceptors (Lipinski definition) is 3. The van der Waals surface area contributed by atoms with Crippen LogP contribution in [0.5, 0.6) is 11.5 Å². The molecule has 0 aliphatic rings. The molecule has 1 amide bonds. The minimum Gasteiger partial charge on any atom is -0.508 e. The van der Waals surface area contributed by atoms with E-state index in [-0.39, 0.29) is 23.8 Å². The van der Waals surface area contributed by atoms with E-state index in [9.17, 15) is 9.90 Å². The molecule has 4 heteroatoms. The molecule has 0 heterocycles. The molecule has 0 aliphatic heterocycles. The average Bonchev–Trinajstić information content (AvgIpc) is 2.24. The topological polar surface area (TPSA) is 58.6 Å². The molecule has 0 unspecified atom stereocenters. The largest absolute Gasteiger partial charge is 0.508 e. The first-order chi connectivity index (χ1) is 8.32. The molecule has 0 radical (unpaired) electrons. The Morgan fingerprint density at radius 3 is 2.61 bits per heavy atom. The number of carbonyl (C=O) groups excluding carboxylic acids is 1. The van der Waals surface area contributed by atoms with Crippen molar-refractivity contribution in [2.45, 2.75) is 39.7 Å². The molecule has 0 aliphatic carbocycles. The number of aryl methyl sites for hydroxylation is 1. The van der Waals surface area contributed by atoms with Crippen molar-refractivity contribution >= 4 is 5.91 Å². The number of phenolic OH excluding ortho intramolecular Hbond substituents is 1. The van der Waals surface area contributed by atoms with E-state index in [1.807, 2.05) is 27.7 Å². The molecule has 1 aromatic rings. The van der Waals surface area contributed by atoms with Crippen LogP contribution in [0, 0.1) is 6.92 Å². The Morgan fingerprint density at radius 2 is 2.06 bits per heavy atom. The minimum atomic E-state index is -0.227. The van der Waals surface area contributed by atoms with E-state index in [4.69, 9.17) is 4.74 Å². The summed E-state index contributed by atoms with van der Waals surface area (Å²) < 4.78 is 5.35. The van der Waals surface area contributed by atoms with Gasteiger partial charge in [0.25, 0.3) is 5.91 Å². The maximum absolute atomic E-state index is 11.7. The van der Waals surface area contributed by atoms with Crippen molar-refractivity contribution in [1.82, 2.24) is 5.32 Å². The fraction of sp³-hybridized carbons (Fsp3) is 0.500. The van der Waals surface area contributed by atoms with Crippen LogP contribution in [0.25, 0.3) is 0 Å². The van der Waals surface area contributed by atoms with E-state index in [0.717, 1.165) is 12.0 Å². The third-order valence-electron chi connectivity index (χ3n) is 2.77. The van der Waals surface area contributed by atoms with Gasteiger partial charge in [0.05, 0.1) is 0 Å².